The summed E-state index contributed by atoms with van der Waals surface area (Å²) in [5.41, 5.74) is 0.934. The van der Waals surface area contributed by atoms with Crippen molar-refractivity contribution in [3.05, 3.63) is 53.5 Å². The Hall–Kier alpha value is -1.55. The molecule has 0 spiro atoms. The van der Waals surface area contributed by atoms with Crippen molar-refractivity contribution >= 4 is 27.6 Å². The number of carboxylic acids is 1. The van der Waals surface area contributed by atoms with E-state index in [9.17, 15) is 9.90 Å². The molecular formula is C13H14BrNO2. The molecule has 1 aromatic carbocycles. The van der Waals surface area contributed by atoms with Gasteiger partial charge in [0.1, 0.15) is 0 Å². The van der Waals surface area contributed by atoms with Gasteiger partial charge in [0.25, 0.3) is 0 Å². The van der Waals surface area contributed by atoms with Gasteiger partial charge in [-0.05, 0) is 18.2 Å². The van der Waals surface area contributed by atoms with E-state index in [1.165, 1.54) is 0 Å². The number of anilines is 1. The number of nitrogens with zero attached hydrogens (tertiary/aromatic N) is 1. The van der Waals surface area contributed by atoms with Crippen LogP contribution in [0.3, 0.4) is 0 Å². The minimum absolute atomic E-state index is 0.267. The molecule has 0 atom stereocenters. The van der Waals surface area contributed by atoms with Crippen LogP contribution in [0.4, 0.5) is 5.69 Å². The number of halogens is 1. The van der Waals surface area contributed by atoms with Crippen molar-refractivity contribution in [3.63, 3.8) is 0 Å². The van der Waals surface area contributed by atoms with Crippen LogP contribution in [0.15, 0.2) is 48.0 Å². The van der Waals surface area contributed by atoms with E-state index in [1.807, 2.05) is 11.0 Å². The van der Waals surface area contributed by atoms with Gasteiger partial charge in [-0.3, -0.25) is 0 Å². The molecule has 0 aliphatic rings. The highest BCUT2D eigenvalue weighted by Gasteiger charge is 2.14. The van der Waals surface area contributed by atoms with Crippen molar-refractivity contribution in [3.8, 4) is 0 Å². The molecule has 0 aliphatic heterocycles. The summed E-state index contributed by atoms with van der Waals surface area (Å²) in [4.78, 5) is 13.1. The van der Waals surface area contributed by atoms with Gasteiger partial charge in [-0.2, -0.15) is 0 Å². The maximum absolute atomic E-state index is 11.2. The number of carbonyl (C=O) groups is 1. The fourth-order valence-electron chi connectivity index (χ4n) is 1.54. The first-order valence-corrected chi connectivity index (χ1v) is 5.89. The lowest BCUT2D eigenvalue weighted by atomic mass is 10.1. The van der Waals surface area contributed by atoms with Gasteiger partial charge in [-0.25, -0.2) is 4.79 Å². The Kier molecular flexibility index (Phi) is 4.97. The molecular weight excluding hydrogens is 282 g/mol. The number of hydrogen-bond donors (Lipinski definition) is 1. The van der Waals surface area contributed by atoms with Gasteiger partial charge in [-0.1, -0.05) is 28.1 Å². The Morgan fingerprint density at radius 3 is 2.41 bits per heavy atom. The average molecular weight is 296 g/mol. The van der Waals surface area contributed by atoms with Crippen LogP contribution in [0.2, 0.25) is 0 Å². The first-order valence-electron chi connectivity index (χ1n) is 5.09. The third kappa shape index (κ3) is 3.46. The molecule has 0 saturated heterocycles. The second kappa shape index (κ2) is 6.25. The molecule has 0 bridgehead atoms. The fourth-order valence-corrected chi connectivity index (χ4v) is 1.90. The summed E-state index contributed by atoms with van der Waals surface area (Å²) in [6.45, 7) is 8.49. The molecule has 0 aliphatic carbocycles. The van der Waals surface area contributed by atoms with E-state index in [4.69, 9.17) is 0 Å². The average Bonchev–Trinajstić information content (AvgIpc) is 2.28. The molecule has 0 amide bonds. The van der Waals surface area contributed by atoms with Crippen LogP contribution in [0.5, 0.6) is 0 Å². The lowest BCUT2D eigenvalue weighted by molar-refractivity contribution is 0.0697. The van der Waals surface area contributed by atoms with Gasteiger partial charge in [0, 0.05) is 17.6 Å². The van der Waals surface area contributed by atoms with E-state index in [0.717, 1.165) is 4.47 Å². The highest BCUT2D eigenvalue weighted by Crippen LogP contribution is 2.24. The van der Waals surface area contributed by atoms with E-state index < -0.39 is 5.97 Å². The number of benzene rings is 1. The van der Waals surface area contributed by atoms with Gasteiger partial charge in [0.15, 0.2) is 0 Å². The number of hydrogen-bond acceptors (Lipinski definition) is 2. The SMILES string of the molecule is C=CCN(CC=C)c1ccc(Br)cc1C(=O)O. The zero-order valence-corrected chi connectivity index (χ0v) is 11.0. The summed E-state index contributed by atoms with van der Waals surface area (Å²) < 4.78 is 0.746. The van der Waals surface area contributed by atoms with Crippen LogP contribution >= 0.6 is 15.9 Å². The summed E-state index contributed by atoms with van der Waals surface area (Å²) in [6, 6.07) is 5.19. The topological polar surface area (TPSA) is 40.5 Å². The molecule has 0 aromatic heterocycles. The van der Waals surface area contributed by atoms with Crippen molar-refractivity contribution < 1.29 is 9.90 Å². The number of rotatable bonds is 6. The molecule has 0 unspecified atom stereocenters. The van der Waals surface area contributed by atoms with Crippen molar-refractivity contribution in [2.24, 2.45) is 0 Å². The molecule has 0 fully saturated rings. The standard InChI is InChI=1S/C13H14BrNO2/c1-3-7-15(8-4-2)12-6-5-10(14)9-11(12)13(16)17/h3-6,9H,1-2,7-8H2,(H,16,17). The predicted molar refractivity (Wildman–Crippen MR) is 73.7 cm³/mol. The molecule has 0 radical (unpaired) electrons. The van der Waals surface area contributed by atoms with Crippen molar-refractivity contribution in [1.82, 2.24) is 0 Å². The Balaban J connectivity index is 3.20. The molecule has 1 aromatic rings. The normalized spacial score (nSPS) is 9.71. The second-order valence-electron chi connectivity index (χ2n) is 3.45. The maximum atomic E-state index is 11.2. The predicted octanol–water partition coefficient (Wildman–Crippen LogP) is 3.33. The highest BCUT2D eigenvalue weighted by molar-refractivity contribution is 9.10. The highest BCUT2D eigenvalue weighted by atomic mass is 79.9. The van der Waals surface area contributed by atoms with Crippen LogP contribution in [-0.4, -0.2) is 24.2 Å². The minimum Gasteiger partial charge on any atom is -0.478 e. The van der Waals surface area contributed by atoms with Crippen LogP contribution in [0.25, 0.3) is 0 Å². The number of carboxylic acid groups (broad SMARTS) is 1. The first-order chi connectivity index (χ1) is 8.10. The maximum Gasteiger partial charge on any atom is 0.337 e. The molecule has 0 heterocycles. The Morgan fingerprint density at radius 2 is 1.94 bits per heavy atom. The Morgan fingerprint density at radius 1 is 1.35 bits per heavy atom. The van der Waals surface area contributed by atoms with Crippen LogP contribution < -0.4 is 4.90 Å². The molecule has 90 valence electrons. The zero-order valence-electron chi connectivity index (χ0n) is 9.40. The van der Waals surface area contributed by atoms with E-state index >= 15 is 0 Å². The van der Waals surface area contributed by atoms with Crippen LogP contribution in [0, 0.1) is 0 Å². The van der Waals surface area contributed by atoms with Gasteiger partial charge >= 0.3 is 5.97 Å². The van der Waals surface area contributed by atoms with E-state index in [2.05, 4.69) is 29.1 Å². The zero-order chi connectivity index (χ0) is 12.8. The molecule has 4 heteroatoms. The van der Waals surface area contributed by atoms with Gasteiger partial charge in [0.05, 0.1) is 11.3 Å². The van der Waals surface area contributed by atoms with Crippen molar-refractivity contribution in [1.29, 1.82) is 0 Å². The summed E-state index contributed by atoms with van der Waals surface area (Å²) >= 11 is 3.27. The molecule has 1 rings (SSSR count). The van der Waals surface area contributed by atoms with Crippen molar-refractivity contribution in [2.75, 3.05) is 18.0 Å². The molecule has 0 saturated carbocycles. The largest absolute Gasteiger partial charge is 0.478 e. The van der Waals surface area contributed by atoms with E-state index in [0.29, 0.717) is 18.8 Å². The minimum atomic E-state index is -0.945. The third-order valence-electron chi connectivity index (χ3n) is 2.23. The fraction of sp³-hybridized carbons (Fsp3) is 0.154. The second-order valence-corrected chi connectivity index (χ2v) is 4.36. The molecule has 1 N–H and O–H groups in total. The summed E-state index contributed by atoms with van der Waals surface area (Å²) in [5.74, 6) is -0.945. The smallest absolute Gasteiger partial charge is 0.337 e. The monoisotopic (exact) mass is 295 g/mol. The van der Waals surface area contributed by atoms with Crippen LogP contribution in [0.1, 0.15) is 10.4 Å². The van der Waals surface area contributed by atoms with E-state index in [-0.39, 0.29) is 5.56 Å². The third-order valence-corrected chi connectivity index (χ3v) is 2.72. The Bertz CT molecular complexity index is 433. The van der Waals surface area contributed by atoms with Crippen molar-refractivity contribution in [2.45, 2.75) is 0 Å². The first kappa shape index (κ1) is 13.5. The van der Waals surface area contributed by atoms with Gasteiger partial charge in [-0.15, -0.1) is 13.2 Å². The molecule has 17 heavy (non-hydrogen) atoms. The summed E-state index contributed by atoms with van der Waals surface area (Å²) in [6.07, 6.45) is 3.47. The summed E-state index contributed by atoms with van der Waals surface area (Å²) in [7, 11) is 0. The quantitative estimate of drug-likeness (QED) is 0.819. The lowest BCUT2D eigenvalue weighted by Crippen LogP contribution is -2.25. The van der Waals surface area contributed by atoms with Gasteiger partial charge < -0.3 is 10.0 Å². The summed E-state index contributed by atoms with van der Waals surface area (Å²) in [5, 5.41) is 9.18. The van der Waals surface area contributed by atoms with Crippen LogP contribution in [-0.2, 0) is 0 Å². The van der Waals surface area contributed by atoms with E-state index in [1.54, 1.807) is 24.3 Å². The molecule has 3 nitrogen and oxygen atoms in total. The number of aromatic carboxylic acids is 1. The Labute approximate surface area is 109 Å². The lowest BCUT2D eigenvalue weighted by Gasteiger charge is -2.23. The van der Waals surface area contributed by atoms with Gasteiger partial charge in [0.2, 0.25) is 0 Å².